The molecule has 1 aliphatic heterocycles. The Kier molecular flexibility index (Phi) is 5.06. The molecule has 5 N–H and O–H groups in total. The Morgan fingerprint density at radius 3 is 2.62 bits per heavy atom. The molecular formula is C27H23ClN2O9. The minimum absolute atomic E-state index is 0.00120. The summed E-state index contributed by atoms with van der Waals surface area (Å²) >= 11 is 6.52. The third-order valence-electron chi connectivity index (χ3n) is 8.16. The lowest BCUT2D eigenvalue weighted by atomic mass is 9.79. The Labute approximate surface area is 224 Å². The molecular weight excluding hydrogens is 532 g/mol. The number of nitrogens with two attached hydrogens (primary N) is 1. The van der Waals surface area contributed by atoms with Gasteiger partial charge < -0.3 is 39.8 Å². The lowest BCUT2D eigenvalue weighted by molar-refractivity contribution is -0.0592. The quantitative estimate of drug-likeness (QED) is 0.256. The average Bonchev–Trinajstić information content (AvgIpc) is 2.92. The summed E-state index contributed by atoms with van der Waals surface area (Å²) in [6, 6.07) is 1.66. The first kappa shape index (κ1) is 24.3. The monoisotopic (exact) mass is 554 g/mol. The summed E-state index contributed by atoms with van der Waals surface area (Å²) in [6.07, 6.45) is -1.34. The van der Waals surface area contributed by atoms with Crippen LogP contribution in [0.4, 0.5) is 0 Å². The molecule has 39 heavy (non-hydrogen) atoms. The molecule has 3 aliphatic rings. The molecule has 202 valence electrons. The zero-order valence-corrected chi connectivity index (χ0v) is 21.6. The molecule has 0 fully saturated rings. The van der Waals surface area contributed by atoms with Crippen LogP contribution in [-0.2, 0) is 15.9 Å². The van der Waals surface area contributed by atoms with Gasteiger partial charge in [0.2, 0.25) is 5.43 Å². The fraction of sp³-hybridized carbons (Fsp3) is 0.333. The van der Waals surface area contributed by atoms with Crippen molar-refractivity contribution in [1.29, 1.82) is 0 Å². The molecule has 4 aromatic rings. The summed E-state index contributed by atoms with van der Waals surface area (Å²) in [5.41, 5.74) is 0.0995. The highest BCUT2D eigenvalue weighted by atomic mass is 35.5. The van der Waals surface area contributed by atoms with Gasteiger partial charge in [-0.1, -0.05) is 11.6 Å². The standard InChI is InChI=1S/C27H23ClN2O9/c1-8-20(28)10-5-9-6-13-17-18(14(9)21(32)15(10)27(35)30(8)29)23(34)19-22(33)16-11(31)3-4-12(36-2)24(16)39-26(19)25(17)38-7-37-13/h5,11-13,31-32,34H,3-4,6-7,29H2,1-2H3/t11-,12+,13+/m0/s1. The molecule has 0 radical (unpaired) electrons. The van der Waals surface area contributed by atoms with Crippen molar-refractivity contribution in [3.05, 3.63) is 59.8 Å². The molecule has 0 spiro atoms. The van der Waals surface area contributed by atoms with E-state index in [2.05, 4.69) is 0 Å². The number of methoxy groups -OCH3 is 1. The largest absolute Gasteiger partial charge is 0.506 e. The normalized spacial score (nSPS) is 21.4. The average molecular weight is 555 g/mol. The summed E-state index contributed by atoms with van der Waals surface area (Å²) in [6.45, 7) is 1.43. The number of pyridine rings is 1. The Morgan fingerprint density at radius 1 is 1.13 bits per heavy atom. The number of hydrogen-bond acceptors (Lipinski definition) is 10. The fourth-order valence-corrected chi connectivity index (χ4v) is 6.48. The molecule has 11 nitrogen and oxygen atoms in total. The second kappa shape index (κ2) is 8.12. The predicted molar refractivity (Wildman–Crippen MR) is 140 cm³/mol. The van der Waals surface area contributed by atoms with Crippen molar-refractivity contribution in [3.63, 3.8) is 0 Å². The lowest BCUT2D eigenvalue weighted by Crippen LogP contribution is -2.30. The Bertz CT molecular complexity index is 1890. The van der Waals surface area contributed by atoms with Crippen LogP contribution in [0.15, 0.2) is 20.1 Å². The lowest BCUT2D eigenvalue weighted by Gasteiger charge is -2.35. The maximum atomic E-state index is 13.8. The number of ether oxygens (including phenoxy) is 3. The fourth-order valence-electron chi connectivity index (χ4n) is 6.24. The molecule has 0 saturated carbocycles. The van der Waals surface area contributed by atoms with Gasteiger partial charge in [0.15, 0.2) is 18.1 Å². The van der Waals surface area contributed by atoms with E-state index in [1.54, 1.807) is 13.0 Å². The van der Waals surface area contributed by atoms with Gasteiger partial charge in [-0.05, 0) is 31.4 Å². The van der Waals surface area contributed by atoms with Crippen LogP contribution in [0, 0.1) is 6.92 Å². The summed E-state index contributed by atoms with van der Waals surface area (Å²) < 4.78 is 24.2. The van der Waals surface area contributed by atoms with Crippen LogP contribution in [0.3, 0.4) is 0 Å². The highest BCUT2D eigenvalue weighted by Gasteiger charge is 2.41. The van der Waals surface area contributed by atoms with E-state index in [9.17, 15) is 24.9 Å². The third-order valence-corrected chi connectivity index (χ3v) is 8.64. The van der Waals surface area contributed by atoms with Crippen LogP contribution < -0.4 is 21.6 Å². The number of phenols is 2. The van der Waals surface area contributed by atoms with Crippen molar-refractivity contribution in [2.24, 2.45) is 0 Å². The third kappa shape index (κ3) is 2.98. The van der Waals surface area contributed by atoms with Gasteiger partial charge in [-0.25, -0.2) is 4.68 Å². The zero-order chi connectivity index (χ0) is 27.5. The van der Waals surface area contributed by atoms with E-state index in [1.165, 1.54) is 7.11 Å². The molecule has 0 unspecified atom stereocenters. The highest BCUT2D eigenvalue weighted by molar-refractivity contribution is 6.36. The van der Waals surface area contributed by atoms with E-state index in [0.29, 0.717) is 28.6 Å². The number of nitrogens with zero attached hydrogens (tertiary/aromatic N) is 1. The Morgan fingerprint density at radius 2 is 1.87 bits per heavy atom. The summed E-state index contributed by atoms with van der Waals surface area (Å²) in [4.78, 5) is 27.0. The van der Waals surface area contributed by atoms with E-state index in [1.807, 2.05) is 0 Å². The van der Waals surface area contributed by atoms with Crippen LogP contribution >= 0.6 is 11.6 Å². The number of aliphatic hydroxyl groups is 1. The van der Waals surface area contributed by atoms with Crippen LogP contribution in [0.25, 0.3) is 32.9 Å². The van der Waals surface area contributed by atoms with Crippen molar-refractivity contribution in [3.8, 4) is 28.4 Å². The van der Waals surface area contributed by atoms with Gasteiger partial charge in [0.25, 0.3) is 5.56 Å². The molecule has 2 aromatic heterocycles. The molecule has 12 heteroatoms. The highest BCUT2D eigenvalue weighted by Crippen LogP contribution is 2.57. The number of hydrogen-bond donors (Lipinski definition) is 4. The summed E-state index contributed by atoms with van der Waals surface area (Å²) in [7, 11) is 1.48. The number of aliphatic hydroxyl groups excluding tert-OH is 1. The number of aromatic hydroxyl groups is 2. The number of aromatic nitrogens is 1. The molecule has 2 aliphatic carbocycles. The first-order valence-corrected chi connectivity index (χ1v) is 12.7. The molecule has 7 rings (SSSR count). The maximum Gasteiger partial charge on any atom is 0.280 e. The zero-order valence-electron chi connectivity index (χ0n) is 20.8. The number of benzene rings is 2. The molecule has 0 saturated heterocycles. The van der Waals surface area contributed by atoms with Gasteiger partial charge in [-0.15, -0.1) is 0 Å². The van der Waals surface area contributed by atoms with Gasteiger partial charge in [0.1, 0.15) is 28.7 Å². The van der Waals surface area contributed by atoms with Crippen LogP contribution in [0.2, 0.25) is 5.02 Å². The SMILES string of the molecule is CO[C@@H]1CC[C@H](O)c2c1oc1c3c4c(c(O)c1c2=O)-c1c(cc2c(Cl)c(C)n(N)c(=O)c2c1O)C[C@H]4OCO3. The number of halogens is 1. The van der Waals surface area contributed by atoms with Crippen LogP contribution in [-0.4, -0.2) is 33.9 Å². The van der Waals surface area contributed by atoms with E-state index in [-0.39, 0.29) is 69.2 Å². The number of fused-ring (bicyclic) bond motifs is 6. The molecule has 3 heterocycles. The topological polar surface area (TPSA) is 167 Å². The van der Waals surface area contributed by atoms with Crippen LogP contribution in [0.1, 0.15) is 59.3 Å². The minimum Gasteiger partial charge on any atom is -0.506 e. The van der Waals surface area contributed by atoms with Crippen molar-refractivity contribution in [2.75, 3.05) is 19.7 Å². The number of rotatable bonds is 1. The molecule has 0 amide bonds. The van der Waals surface area contributed by atoms with Crippen molar-refractivity contribution in [1.82, 2.24) is 4.68 Å². The first-order valence-electron chi connectivity index (χ1n) is 12.3. The van der Waals surface area contributed by atoms with E-state index in [0.717, 1.165) is 4.68 Å². The summed E-state index contributed by atoms with van der Waals surface area (Å²) in [5, 5.41) is 34.1. The van der Waals surface area contributed by atoms with Crippen molar-refractivity contribution >= 4 is 33.3 Å². The van der Waals surface area contributed by atoms with E-state index < -0.39 is 40.8 Å². The summed E-state index contributed by atoms with van der Waals surface area (Å²) in [5.74, 6) is 5.33. The maximum absolute atomic E-state index is 13.8. The van der Waals surface area contributed by atoms with Gasteiger partial charge >= 0.3 is 0 Å². The minimum atomic E-state index is -1.12. The number of phenolic OH excluding ortho intramolecular Hbond substituents is 2. The van der Waals surface area contributed by atoms with Gasteiger partial charge in [-0.3, -0.25) is 9.59 Å². The van der Waals surface area contributed by atoms with E-state index in [4.69, 9.17) is 36.1 Å². The molecule has 0 bridgehead atoms. The Hall–Kier alpha value is -3.77. The Balaban J connectivity index is 1.66. The second-order valence-electron chi connectivity index (χ2n) is 10.1. The van der Waals surface area contributed by atoms with Gasteiger partial charge in [0, 0.05) is 35.6 Å². The van der Waals surface area contributed by atoms with Crippen molar-refractivity contribution < 1.29 is 33.9 Å². The van der Waals surface area contributed by atoms with Crippen LogP contribution in [0.5, 0.6) is 17.2 Å². The van der Waals surface area contributed by atoms with Gasteiger partial charge in [0.05, 0.1) is 33.9 Å². The smallest absolute Gasteiger partial charge is 0.280 e. The van der Waals surface area contributed by atoms with Crippen molar-refractivity contribution in [2.45, 2.75) is 44.5 Å². The molecule has 2 aromatic carbocycles. The second-order valence-corrected chi connectivity index (χ2v) is 10.5. The van der Waals surface area contributed by atoms with Gasteiger partial charge in [-0.2, -0.15) is 0 Å². The predicted octanol–water partition coefficient (Wildman–Crippen LogP) is 3.34. The molecule has 3 atom stereocenters. The first-order chi connectivity index (χ1) is 18.6. The number of nitrogen functional groups attached to an aromatic ring is 1. The van der Waals surface area contributed by atoms with E-state index >= 15 is 0 Å².